The maximum Gasteiger partial charge on any atom is 0.149 e. The molecule has 0 amide bonds. The molecule has 4 nitrogen and oxygen atoms in total. The van der Waals surface area contributed by atoms with E-state index in [9.17, 15) is 0 Å². The van der Waals surface area contributed by atoms with E-state index in [1.54, 1.807) is 12.4 Å². The molecule has 1 N–H and O–H groups in total. The van der Waals surface area contributed by atoms with E-state index in [1.165, 1.54) is 38.6 Å². The fourth-order valence-corrected chi connectivity index (χ4v) is 3.27. The van der Waals surface area contributed by atoms with Gasteiger partial charge in [0.25, 0.3) is 0 Å². The van der Waals surface area contributed by atoms with Gasteiger partial charge in [-0.25, -0.2) is 4.98 Å². The van der Waals surface area contributed by atoms with Gasteiger partial charge in [0.2, 0.25) is 0 Å². The van der Waals surface area contributed by atoms with Crippen LogP contribution in [0, 0.1) is 0 Å². The quantitative estimate of drug-likeness (QED) is 0.913. The Hall–Kier alpha value is -0.870. The van der Waals surface area contributed by atoms with Crippen molar-refractivity contribution in [1.29, 1.82) is 0 Å². The van der Waals surface area contributed by atoms with Crippen molar-refractivity contribution in [3.63, 3.8) is 0 Å². The monoisotopic (exact) mass is 266 g/mol. The molecule has 0 spiro atoms. The van der Waals surface area contributed by atoms with E-state index < -0.39 is 0 Å². The average Bonchev–Trinajstić information content (AvgIpc) is 2.98. The molecule has 18 heavy (non-hydrogen) atoms. The highest BCUT2D eigenvalue weighted by atomic mass is 35.5. The summed E-state index contributed by atoms with van der Waals surface area (Å²) in [4.78, 5) is 10.9. The molecular weight excluding hydrogens is 248 g/mol. The van der Waals surface area contributed by atoms with Gasteiger partial charge in [-0.3, -0.25) is 9.88 Å². The van der Waals surface area contributed by atoms with E-state index in [0.717, 1.165) is 18.4 Å². The van der Waals surface area contributed by atoms with Gasteiger partial charge in [-0.05, 0) is 19.3 Å². The van der Waals surface area contributed by atoms with E-state index in [2.05, 4.69) is 20.2 Å². The van der Waals surface area contributed by atoms with Gasteiger partial charge in [-0.15, -0.1) is 0 Å². The zero-order valence-corrected chi connectivity index (χ0v) is 11.2. The topological polar surface area (TPSA) is 41.1 Å². The van der Waals surface area contributed by atoms with Gasteiger partial charge < -0.3 is 5.32 Å². The first kappa shape index (κ1) is 12.2. The van der Waals surface area contributed by atoms with E-state index in [1.807, 2.05) is 0 Å². The molecule has 1 saturated heterocycles. The first-order valence-electron chi connectivity index (χ1n) is 6.79. The van der Waals surface area contributed by atoms with Gasteiger partial charge in [0.1, 0.15) is 11.0 Å². The number of rotatable bonds is 3. The maximum atomic E-state index is 5.84. The van der Waals surface area contributed by atoms with E-state index in [4.69, 9.17) is 11.6 Å². The van der Waals surface area contributed by atoms with Gasteiger partial charge in [-0.2, -0.15) is 0 Å². The predicted molar refractivity (Wildman–Crippen MR) is 72.9 cm³/mol. The van der Waals surface area contributed by atoms with Crippen molar-refractivity contribution in [1.82, 2.24) is 14.9 Å². The lowest BCUT2D eigenvalue weighted by Gasteiger charge is -2.23. The summed E-state index contributed by atoms with van der Waals surface area (Å²) < 4.78 is 0. The smallest absolute Gasteiger partial charge is 0.149 e. The van der Waals surface area contributed by atoms with Crippen LogP contribution in [0.1, 0.15) is 32.1 Å². The number of hydrogen-bond donors (Lipinski definition) is 1. The Labute approximate surface area is 113 Å². The van der Waals surface area contributed by atoms with Crippen LogP contribution < -0.4 is 5.32 Å². The minimum Gasteiger partial charge on any atom is -0.365 e. The molecule has 2 aliphatic rings. The number of hydrogen-bond acceptors (Lipinski definition) is 4. The summed E-state index contributed by atoms with van der Waals surface area (Å²) in [5, 5.41) is 3.89. The highest BCUT2D eigenvalue weighted by Crippen LogP contribution is 2.27. The van der Waals surface area contributed by atoms with E-state index in [-0.39, 0.29) is 0 Å². The first-order chi connectivity index (χ1) is 8.81. The van der Waals surface area contributed by atoms with Crippen LogP contribution in [0.5, 0.6) is 0 Å². The number of halogens is 1. The summed E-state index contributed by atoms with van der Waals surface area (Å²) in [5.74, 6) is 0.792. The van der Waals surface area contributed by atoms with E-state index >= 15 is 0 Å². The van der Waals surface area contributed by atoms with Gasteiger partial charge in [0.15, 0.2) is 0 Å². The molecule has 2 heterocycles. The summed E-state index contributed by atoms with van der Waals surface area (Å²) in [6.07, 6.45) is 10.0. The fraction of sp³-hybridized carbons (Fsp3) is 0.692. The zero-order valence-electron chi connectivity index (χ0n) is 10.5. The summed E-state index contributed by atoms with van der Waals surface area (Å²) in [5.41, 5.74) is 0. The van der Waals surface area contributed by atoms with Crippen LogP contribution in [-0.4, -0.2) is 40.0 Å². The second-order valence-electron chi connectivity index (χ2n) is 5.29. The summed E-state index contributed by atoms with van der Waals surface area (Å²) in [6.45, 7) is 2.33. The Morgan fingerprint density at radius 2 is 2.06 bits per heavy atom. The molecule has 1 saturated carbocycles. The number of nitrogens with one attached hydrogen (secondary N) is 1. The molecule has 3 rings (SSSR count). The molecule has 0 bridgehead atoms. The second-order valence-corrected chi connectivity index (χ2v) is 5.68. The first-order valence-corrected chi connectivity index (χ1v) is 7.17. The van der Waals surface area contributed by atoms with Crippen molar-refractivity contribution < 1.29 is 0 Å². The molecule has 1 aliphatic carbocycles. The van der Waals surface area contributed by atoms with Crippen LogP contribution in [-0.2, 0) is 0 Å². The van der Waals surface area contributed by atoms with Crippen molar-refractivity contribution in [2.75, 3.05) is 18.4 Å². The largest absolute Gasteiger partial charge is 0.365 e. The molecule has 0 unspecified atom stereocenters. The standard InChI is InChI=1S/C13H19ClN4/c14-12-7-15-8-13(17-12)16-10-5-6-18(9-10)11-3-1-2-4-11/h7-8,10-11H,1-6,9H2,(H,16,17)/t10-/m0/s1. The fourth-order valence-electron chi connectivity index (χ4n) is 3.13. The summed E-state index contributed by atoms with van der Waals surface area (Å²) in [7, 11) is 0. The molecule has 5 heteroatoms. The Bertz CT molecular complexity index is 406. The molecule has 1 aliphatic heterocycles. The third kappa shape index (κ3) is 2.75. The van der Waals surface area contributed by atoms with Crippen molar-refractivity contribution in [2.24, 2.45) is 0 Å². The highest BCUT2D eigenvalue weighted by Gasteiger charge is 2.29. The third-order valence-corrected chi connectivity index (χ3v) is 4.20. The predicted octanol–water partition coefficient (Wildman–Crippen LogP) is 2.56. The Kier molecular flexibility index (Phi) is 3.66. The van der Waals surface area contributed by atoms with Crippen molar-refractivity contribution in [3.05, 3.63) is 17.5 Å². The number of likely N-dealkylation sites (tertiary alicyclic amines) is 1. The molecule has 1 aromatic heterocycles. The van der Waals surface area contributed by atoms with Crippen LogP contribution in [0.3, 0.4) is 0 Å². The molecular formula is C13H19ClN4. The minimum atomic E-state index is 0.450. The zero-order chi connectivity index (χ0) is 12.4. The van der Waals surface area contributed by atoms with Gasteiger partial charge in [-0.1, -0.05) is 24.4 Å². The molecule has 1 atom stereocenters. The molecule has 1 aromatic rings. The normalized spacial score (nSPS) is 25.7. The minimum absolute atomic E-state index is 0.450. The number of aromatic nitrogens is 2. The molecule has 98 valence electrons. The lowest BCUT2D eigenvalue weighted by molar-refractivity contribution is 0.245. The average molecular weight is 267 g/mol. The number of nitrogens with zero attached hydrogens (tertiary/aromatic N) is 3. The molecule has 0 aromatic carbocycles. The van der Waals surface area contributed by atoms with Crippen LogP contribution in [0.25, 0.3) is 0 Å². The van der Waals surface area contributed by atoms with Crippen LogP contribution in [0.15, 0.2) is 12.4 Å². The van der Waals surface area contributed by atoms with Gasteiger partial charge >= 0.3 is 0 Å². The van der Waals surface area contributed by atoms with Crippen molar-refractivity contribution in [3.8, 4) is 0 Å². The van der Waals surface area contributed by atoms with Crippen LogP contribution in [0.2, 0.25) is 5.15 Å². The second kappa shape index (κ2) is 5.41. The summed E-state index contributed by atoms with van der Waals surface area (Å²) >= 11 is 5.84. The molecule has 2 fully saturated rings. The van der Waals surface area contributed by atoms with Crippen LogP contribution >= 0.6 is 11.6 Å². The Morgan fingerprint density at radius 3 is 2.83 bits per heavy atom. The Morgan fingerprint density at radius 1 is 1.22 bits per heavy atom. The van der Waals surface area contributed by atoms with E-state index in [0.29, 0.717) is 11.2 Å². The van der Waals surface area contributed by atoms with Crippen molar-refractivity contribution in [2.45, 2.75) is 44.2 Å². The lowest BCUT2D eigenvalue weighted by atomic mass is 10.2. The highest BCUT2D eigenvalue weighted by molar-refractivity contribution is 6.29. The summed E-state index contributed by atoms with van der Waals surface area (Å²) in [6, 6.07) is 1.31. The SMILES string of the molecule is Clc1cncc(N[C@H]2CCN(C3CCCC3)C2)n1. The van der Waals surface area contributed by atoms with Gasteiger partial charge in [0, 0.05) is 25.2 Å². The van der Waals surface area contributed by atoms with Crippen molar-refractivity contribution >= 4 is 17.4 Å². The third-order valence-electron chi connectivity index (χ3n) is 4.02. The molecule has 0 radical (unpaired) electrons. The van der Waals surface area contributed by atoms with Crippen LogP contribution in [0.4, 0.5) is 5.82 Å². The number of anilines is 1. The lowest BCUT2D eigenvalue weighted by Crippen LogP contribution is -2.33. The van der Waals surface area contributed by atoms with Gasteiger partial charge in [0.05, 0.1) is 12.4 Å². The Balaban J connectivity index is 1.55. The maximum absolute atomic E-state index is 5.84.